The number of carbonyl (C=O) groups is 3. The van der Waals surface area contributed by atoms with Gasteiger partial charge in [0.2, 0.25) is 5.91 Å². The number of esters is 1. The van der Waals surface area contributed by atoms with Crippen LogP contribution in [0, 0.1) is 5.82 Å². The fraction of sp³-hybridized carbons (Fsp3) is 0.286. The van der Waals surface area contributed by atoms with Crippen molar-refractivity contribution >= 4 is 35.2 Å². The molecule has 1 aliphatic rings. The molecule has 0 unspecified atom stereocenters. The fourth-order valence-corrected chi connectivity index (χ4v) is 3.90. The maximum atomic E-state index is 12.9. The number of hydrogen-bond acceptors (Lipinski definition) is 5. The zero-order valence-corrected chi connectivity index (χ0v) is 16.6. The van der Waals surface area contributed by atoms with Crippen molar-refractivity contribution in [2.45, 2.75) is 36.0 Å². The zero-order valence-electron chi connectivity index (χ0n) is 15.8. The summed E-state index contributed by atoms with van der Waals surface area (Å²) in [5, 5.41) is 4.84. The summed E-state index contributed by atoms with van der Waals surface area (Å²) in [5.74, 6) is -1.61. The van der Waals surface area contributed by atoms with E-state index in [1.807, 2.05) is 18.2 Å². The number of anilines is 1. The normalized spacial score (nSPS) is 16.3. The van der Waals surface area contributed by atoms with E-state index in [1.54, 1.807) is 18.2 Å². The van der Waals surface area contributed by atoms with E-state index < -0.39 is 23.2 Å². The monoisotopic (exact) mass is 416 g/mol. The first kappa shape index (κ1) is 20.9. The van der Waals surface area contributed by atoms with Crippen LogP contribution in [0.5, 0.6) is 0 Å². The molecular weight excluding hydrogens is 395 g/mol. The molecule has 1 aliphatic heterocycles. The lowest BCUT2D eigenvalue weighted by molar-refractivity contribution is -0.155. The molecule has 0 aromatic heterocycles. The summed E-state index contributed by atoms with van der Waals surface area (Å²) >= 11 is 1.30. The molecule has 0 saturated heterocycles. The maximum absolute atomic E-state index is 12.9. The van der Waals surface area contributed by atoms with Crippen LogP contribution in [0.3, 0.4) is 0 Å². The molecule has 2 atom stereocenters. The van der Waals surface area contributed by atoms with Gasteiger partial charge in [0.15, 0.2) is 6.10 Å². The molecule has 29 heavy (non-hydrogen) atoms. The largest absolute Gasteiger partial charge is 0.453 e. The Morgan fingerprint density at radius 1 is 1.21 bits per heavy atom. The summed E-state index contributed by atoms with van der Waals surface area (Å²) in [6.45, 7) is 1.82. The van der Waals surface area contributed by atoms with Crippen molar-refractivity contribution in [3.05, 3.63) is 59.9 Å². The van der Waals surface area contributed by atoms with Gasteiger partial charge in [0.05, 0.1) is 17.4 Å². The predicted molar refractivity (Wildman–Crippen MR) is 108 cm³/mol. The smallest absolute Gasteiger partial charge is 0.308 e. The van der Waals surface area contributed by atoms with Gasteiger partial charge in [-0.1, -0.05) is 24.3 Å². The summed E-state index contributed by atoms with van der Waals surface area (Å²) in [7, 11) is 0. The standard InChI is InChI=1S/C21H21FN2O4S/c1-13(20(26)23-11-10-14-6-8-15(22)9-7-14)28-19(25)12-18-21(27)24-16-4-2-3-5-17(16)29-18/h2-9,13,18H,10-12H2,1H3,(H,23,26)(H,24,27)/t13-,18-/m0/s1. The van der Waals surface area contributed by atoms with Gasteiger partial charge in [-0.15, -0.1) is 11.8 Å². The first-order valence-corrected chi connectivity index (χ1v) is 10.1. The molecule has 0 bridgehead atoms. The molecule has 8 heteroatoms. The van der Waals surface area contributed by atoms with Crippen molar-refractivity contribution in [3.8, 4) is 0 Å². The number of thioether (sulfide) groups is 1. The van der Waals surface area contributed by atoms with Gasteiger partial charge in [-0.05, 0) is 43.2 Å². The van der Waals surface area contributed by atoms with Crippen LogP contribution in [0.25, 0.3) is 0 Å². The van der Waals surface area contributed by atoms with Crippen LogP contribution in [0.1, 0.15) is 18.9 Å². The van der Waals surface area contributed by atoms with Crippen molar-refractivity contribution in [1.82, 2.24) is 5.32 Å². The molecule has 2 amide bonds. The average Bonchev–Trinajstić information content (AvgIpc) is 2.70. The number of ether oxygens (including phenoxy) is 1. The lowest BCUT2D eigenvalue weighted by Gasteiger charge is -2.23. The highest BCUT2D eigenvalue weighted by Gasteiger charge is 2.30. The Kier molecular flexibility index (Phi) is 6.87. The highest BCUT2D eigenvalue weighted by Crippen LogP contribution is 2.36. The van der Waals surface area contributed by atoms with Gasteiger partial charge in [0.25, 0.3) is 5.91 Å². The lowest BCUT2D eigenvalue weighted by Crippen LogP contribution is -2.38. The van der Waals surface area contributed by atoms with Crippen LogP contribution in [-0.2, 0) is 25.5 Å². The fourth-order valence-electron chi connectivity index (χ4n) is 2.80. The second-order valence-electron chi connectivity index (χ2n) is 6.60. The van der Waals surface area contributed by atoms with E-state index in [-0.39, 0.29) is 18.1 Å². The van der Waals surface area contributed by atoms with Crippen molar-refractivity contribution in [2.24, 2.45) is 0 Å². The third-order valence-corrected chi connectivity index (χ3v) is 5.64. The summed E-state index contributed by atoms with van der Waals surface area (Å²) in [5.41, 5.74) is 1.61. The van der Waals surface area contributed by atoms with Gasteiger partial charge >= 0.3 is 5.97 Å². The van der Waals surface area contributed by atoms with Crippen molar-refractivity contribution in [1.29, 1.82) is 0 Å². The molecule has 2 N–H and O–H groups in total. The first-order chi connectivity index (χ1) is 13.9. The Morgan fingerprint density at radius 3 is 2.69 bits per heavy atom. The Labute approximate surface area is 172 Å². The minimum Gasteiger partial charge on any atom is -0.453 e. The van der Waals surface area contributed by atoms with Crippen LogP contribution in [0.2, 0.25) is 0 Å². The second kappa shape index (κ2) is 9.56. The van der Waals surface area contributed by atoms with E-state index in [0.29, 0.717) is 13.0 Å². The average molecular weight is 416 g/mol. The molecular formula is C21H21FN2O4S. The number of para-hydroxylation sites is 1. The second-order valence-corrected chi connectivity index (χ2v) is 7.84. The molecule has 1 heterocycles. The van der Waals surface area contributed by atoms with Gasteiger partial charge in [-0.25, -0.2) is 4.39 Å². The minimum atomic E-state index is -0.973. The third kappa shape index (κ3) is 5.80. The Balaban J connectivity index is 1.43. The Morgan fingerprint density at radius 2 is 1.93 bits per heavy atom. The minimum absolute atomic E-state index is 0.127. The number of halogens is 1. The quantitative estimate of drug-likeness (QED) is 0.678. The lowest BCUT2D eigenvalue weighted by atomic mass is 10.1. The molecule has 152 valence electrons. The summed E-state index contributed by atoms with van der Waals surface area (Å²) in [4.78, 5) is 37.3. The maximum Gasteiger partial charge on any atom is 0.308 e. The summed E-state index contributed by atoms with van der Waals surface area (Å²) in [6, 6.07) is 13.4. The molecule has 2 aromatic rings. The molecule has 0 saturated carbocycles. The molecule has 0 radical (unpaired) electrons. The van der Waals surface area contributed by atoms with Gasteiger partial charge in [0.1, 0.15) is 5.82 Å². The van der Waals surface area contributed by atoms with Crippen LogP contribution >= 0.6 is 11.8 Å². The van der Waals surface area contributed by atoms with E-state index in [4.69, 9.17) is 4.74 Å². The van der Waals surface area contributed by atoms with Crippen molar-refractivity contribution < 1.29 is 23.5 Å². The van der Waals surface area contributed by atoms with Gasteiger partial charge in [-0.2, -0.15) is 0 Å². The molecule has 0 fully saturated rings. The third-order valence-electron chi connectivity index (χ3n) is 4.36. The Hall–Kier alpha value is -2.87. The van der Waals surface area contributed by atoms with Gasteiger partial charge in [-0.3, -0.25) is 14.4 Å². The number of hydrogen-bond donors (Lipinski definition) is 2. The highest BCUT2D eigenvalue weighted by molar-refractivity contribution is 8.01. The SMILES string of the molecule is C[C@H](OC(=O)C[C@@H]1Sc2ccccc2NC1=O)C(=O)NCCc1ccc(F)cc1. The van der Waals surface area contributed by atoms with E-state index in [9.17, 15) is 18.8 Å². The number of carbonyl (C=O) groups excluding carboxylic acids is 3. The molecule has 0 spiro atoms. The molecule has 0 aliphatic carbocycles. The van der Waals surface area contributed by atoms with Crippen molar-refractivity contribution in [2.75, 3.05) is 11.9 Å². The molecule has 2 aromatic carbocycles. The zero-order chi connectivity index (χ0) is 20.8. The van der Waals surface area contributed by atoms with Crippen LogP contribution < -0.4 is 10.6 Å². The van der Waals surface area contributed by atoms with Gasteiger partial charge < -0.3 is 15.4 Å². The number of nitrogens with one attached hydrogen (secondary N) is 2. The topological polar surface area (TPSA) is 84.5 Å². The van der Waals surface area contributed by atoms with E-state index in [2.05, 4.69) is 10.6 Å². The van der Waals surface area contributed by atoms with Gasteiger partial charge in [0, 0.05) is 11.4 Å². The number of benzene rings is 2. The van der Waals surface area contributed by atoms with E-state index >= 15 is 0 Å². The molecule has 3 rings (SSSR count). The molecule has 6 nitrogen and oxygen atoms in total. The first-order valence-electron chi connectivity index (χ1n) is 9.20. The highest BCUT2D eigenvalue weighted by atomic mass is 32.2. The number of rotatable bonds is 7. The van der Waals surface area contributed by atoms with E-state index in [1.165, 1.54) is 30.8 Å². The summed E-state index contributed by atoms with van der Waals surface area (Å²) < 4.78 is 18.1. The Bertz CT molecular complexity index is 904. The predicted octanol–water partition coefficient (Wildman–Crippen LogP) is 2.92. The van der Waals surface area contributed by atoms with Crippen molar-refractivity contribution in [3.63, 3.8) is 0 Å². The van der Waals surface area contributed by atoms with E-state index in [0.717, 1.165) is 16.1 Å². The van der Waals surface area contributed by atoms with Crippen LogP contribution in [0.4, 0.5) is 10.1 Å². The number of fused-ring (bicyclic) bond motifs is 1. The van der Waals surface area contributed by atoms with Crippen LogP contribution in [-0.4, -0.2) is 35.7 Å². The summed E-state index contributed by atoms with van der Waals surface area (Å²) in [6.07, 6.45) is -0.567. The number of amides is 2. The van der Waals surface area contributed by atoms with Crippen LogP contribution in [0.15, 0.2) is 53.4 Å².